The number of aromatic nitrogens is 2. The average molecular weight is 388 g/mol. The van der Waals surface area contributed by atoms with Crippen molar-refractivity contribution in [1.82, 2.24) is 9.97 Å². The monoisotopic (exact) mass is 387 g/mol. The van der Waals surface area contributed by atoms with Gasteiger partial charge < -0.3 is 5.32 Å². The Morgan fingerprint density at radius 1 is 1.32 bits per heavy atom. The van der Waals surface area contributed by atoms with Crippen molar-refractivity contribution >= 4 is 52.0 Å². The Bertz CT molecular complexity index is 646. The smallest absolute Gasteiger partial charge is 0.156 e. The molecule has 0 aliphatic carbocycles. The van der Waals surface area contributed by atoms with Gasteiger partial charge in [-0.25, -0.2) is 9.97 Å². The maximum absolute atomic E-state index is 11.1. The van der Waals surface area contributed by atoms with Gasteiger partial charge in [-0.1, -0.05) is 17.7 Å². The molecule has 98 valence electrons. The molecule has 0 unspecified atom stereocenters. The molecule has 0 bridgehead atoms. The lowest BCUT2D eigenvalue weighted by atomic mass is 10.2. The first kappa shape index (κ1) is 14.2. The first-order chi connectivity index (χ1) is 9.02. The molecule has 4 nitrogen and oxygen atoms in total. The Morgan fingerprint density at radius 3 is 2.74 bits per heavy atom. The Kier molecular flexibility index (Phi) is 4.36. The zero-order valence-electron chi connectivity index (χ0n) is 10.4. The molecule has 1 N–H and O–H groups in total. The third kappa shape index (κ3) is 3.03. The SMILES string of the molecule is Cc1nc(Cl)c(C=O)c(Nc2cccc(I)c2C)n1. The zero-order chi connectivity index (χ0) is 14.0. The number of benzene rings is 1. The van der Waals surface area contributed by atoms with Gasteiger partial charge in [0.1, 0.15) is 16.8 Å². The highest BCUT2D eigenvalue weighted by Gasteiger charge is 2.12. The van der Waals surface area contributed by atoms with Crippen molar-refractivity contribution in [3.63, 3.8) is 0 Å². The second-order valence-electron chi connectivity index (χ2n) is 3.98. The minimum atomic E-state index is 0.160. The van der Waals surface area contributed by atoms with Crippen molar-refractivity contribution in [1.29, 1.82) is 0 Å². The number of carbonyl (C=O) groups excluding carboxylic acids is 1. The molecule has 0 amide bonds. The van der Waals surface area contributed by atoms with E-state index in [-0.39, 0.29) is 10.7 Å². The van der Waals surface area contributed by atoms with E-state index >= 15 is 0 Å². The van der Waals surface area contributed by atoms with Gasteiger partial charge in [0.15, 0.2) is 6.29 Å². The number of anilines is 2. The summed E-state index contributed by atoms with van der Waals surface area (Å²) in [6.45, 7) is 3.73. The van der Waals surface area contributed by atoms with E-state index in [2.05, 4.69) is 37.9 Å². The quantitative estimate of drug-likeness (QED) is 0.493. The number of halogens is 2. The van der Waals surface area contributed by atoms with E-state index < -0.39 is 0 Å². The molecule has 0 aliphatic rings. The first-order valence-corrected chi connectivity index (χ1v) is 7.00. The number of aryl methyl sites for hydroxylation is 1. The van der Waals surface area contributed by atoms with Crippen LogP contribution in [0.1, 0.15) is 21.7 Å². The van der Waals surface area contributed by atoms with Crippen LogP contribution in [-0.4, -0.2) is 16.3 Å². The lowest BCUT2D eigenvalue weighted by Gasteiger charge is -2.12. The molecule has 0 spiro atoms. The zero-order valence-corrected chi connectivity index (χ0v) is 13.3. The van der Waals surface area contributed by atoms with E-state index in [9.17, 15) is 4.79 Å². The summed E-state index contributed by atoms with van der Waals surface area (Å²) >= 11 is 8.20. The maximum Gasteiger partial charge on any atom is 0.156 e. The van der Waals surface area contributed by atoms with Crippen LogP contribution < -0.4 is 5.32 Å². The summed E-state index contributed by atoms with van der Waals surface area (Å²) in [7, 11) is 0. The molecular weight excluding hydrogens is 377 g/mol. The van der Waals surface area contributed by atoms with Crippen LogP contribution in [0.5, 0.6) is 0 Å². The highest BCUT2D eigenvalue weighted by atomic mass is 127. The van der Waals surface area contributed by atoms with Crippen LogP contribution in [0.2, 0.25) is 5.15 Å². The topological polar surface area (TPSA) is 54.9 Å². The minimum absolute atomic E-state index is 0.160. The van der Waals surface area contributed by atoms with E-state index in [1.165, 1.54) is 0 Å². The van der Waals surface area contributed by atoms with Gasteiger partial charge in [-0.15, -0.1) is 0 Å². The lowest BCUT2D eigenvalue weighted by Crippen LogP contribution is -2.04. The lowest BCUT2D eigenvalue weighted by molar-refractivity contribution is 0.112. The molecule has 0 radical (unpaired) electrons. The largest absolute Gasteiger partial charge is 0.339 e. The molecule has 0 atom stereocenters. The summed E-state index contributed by atoms with van der Waals surface area (Å²) in [5.74, 6) is 0.944. The van der Waals surface area contributed by atoms with Crippen molar-refractivity contribution in [3.05, 3.63) is 43.9 Å². The van der Waals surface area contributed by atoms with Crippen molar-refractivity contribution < 1.29 is 4.79 Å². The van der Waals surface area contributed by atoms with Gasteiger partial charge in [-0.2, -0.15) is 0 Å². The number of hydrogen-bond acceptors (Lipinski definition) is 4. The molecule has 1 heterocycles. The third-order valence-corrected chi connectivity index (χ3v) is 4.11. The molecule has 0 fully saturated rings. The third-order valence-electron chi connectivity index (χ3n) is 2.65. The van der Waals surface area contributed by atoms with Crippen molar-refractivity contribution in [2.45, 2.75) is 13.8 Å². The number of carbonyl (C=O) groups is 1. The number of rotatable bonds is 3. The van der Waals surface area contributed by atoms with Crippen LogP contribution in [0.25, 0.3) is 0 Å². The molecule has 0 saturated heterocycles. The van der Waals surface area contributed by atoms with E-state index in [4.69, 9.17) is 11.6 Å². The van der Waals surface area contributed by atoms with E-state index in [0.717, 1.165) is 14.8 Å². The Balaban J connectivity index is 2.49. The van der Waals surface area contributed by atoms with Crippen molar-refractivity contribution in [3.8, 4) is 0 Å². The average Bonchev–Trinajstić information content (AvgIpc) is 2.34. The normalized spacial score (nSPS) is 10.3. The first-order valence-electron chi connectivity index (χ1n) is 5.54. The standard InChI is InChI=1S/C13H11ClIN3O/c1-7-10(15)4-3-5-11(7)18-13-9(6-19)12(14)16-8(2)17-13/h3-6H,1-2H3,(H,16,17,18). The van der Waals surface area contributed by atoms with Crippen molar-refractivity contribution in [2.24, 2.45) is 0 Å². The number of aldehydes is 1. The molecule has 2 aromatic rings. The summed E-state index contributed by atoms with van der Waals surface area (Å²) in [6, 6.07) is 5.88. The summed E-state index contributed by atoms with van der Waals surface area (Å²) in [6.07, 6.45) is 0.660. The fourth-order valence-corrected chi connectivity index (χ4v) is 2.37. The van der Waals surface area contributed by atoms with Gasteiger partial charge in [0, 0.05) is 9.26 Å². The van der Waals surface area contributed by atoms with E-state index in [0.29, 0.717) is 17.9 Å². The summed E-state index contributed by atoms with van der Waals surface area (Å²) in [5.41, 5.74) is 2.25. The highest BCUT2D eigenvalue weighted by Crippen LogP contribution is 2.26. The van der Waals surface area contributed by atoms with Gasteiger partial charge in [0.2, 0.25) is 0 Å². The van der Waals surface area contributed by atoms with Crippen LogP contribution in [0, 0.1) is 17.4 Å². The molecule has 1 aromatic carbocycles. The summed E-state index contributed by atoms with van der Waals surface area (Å²) < 4.78 is 1.13. The summed E-state index contributed by atoms with van der Waals surface area (Å²) in [5, 5.41) is 3.30. The molecule has 0 saturated carbocycles. The van der Waals surface area contributed by atoms with Gasteiger partial charge in [-0.05, 0) is 54.1 Å². The minimum Gasteiger partial charge on any atom is -0.339 e. The number of hydrogen-bond donors (Lipinski definition) is 1. The molecule has 19 heavy (non-hydrogen) atoms. The predicted octanol–water partition coefficient (Wildman–Crippen LogP) is 3.91. The molecule has 1 aromatic heterocycles. The molecule has 2 rings (SSSR count). The maximum atomic E-state index is 11.1. The van der Waals surface area contributed by atoms with Crippen molar-refractivity contribution in [2.75, 3.05) is 5.32 Å². The molecular formula is C13H11ClIN3O. The van der Waals surface area contributed by atoms with E-state index in [1.807, 2.05) is 25.1 Å². The van der Waals surface area contributed by atoms with Gasteiger partial charge in [0.05, 0.1) is 5.56 Å². The number of nitrogens with zero attached hydrogens (tertiary/aromatic N) is 2. The second kappa shape index (κ2) is 5.83. The van der Waals surface area contributed by atoms with Crippen LogP contribution >= 0.6 is 34.2 Å². The van der Waals surface area contributed by atoms with Crippen LogP contribution in [-0.2, 0) is 0 Å². The Hall–Kier alpha value is -1.21. The highest BCUT2D eigenvalue weighted by molar-refractivity contribution is 14.1. The fraction of sp³-hybridized carbons (Fsp3) is 0.154. The fourth-order valence-electron chi connectivity index (χ4n) is 1.62. The Labute approximate surface area is 129 Å². The second-order valence-corrected chi connectivity index (χ2v) is 5.50. The Morgan fingerprint density at radius 2 is 2.05 bits per heavy atom. The van der Waals surface area contributed by atoms with E-state index in [1.54, 1.807) is 6.92 Å². The van der Waals surface area contributed by atoms with Gasteiger partial charge in [0.25, 0.3) is 0 Å². The van der Waals surface area contributed by atoms with Gasteiger partial charge in [-0.3, -0.25) is 4.79 Å². The summed E-state index contributed by atoms with van der Waals surface area (Å²) in [4.78, 5) is 19.3. The predicted molar refractivity (Wildman–Crippen MR) is 84.3 cm³/mol. The van der Waals surface area contributed by atoms with Crippen LogP contribution in [0.4, 0.5) is 11.5 Å². The van der Waals surface area contributed by atoms with Crippen LogP contribution in [0.15, 0.2) is 18.2 Å². The molecule has 6 heteroatoms. The van der Waals surface area contributed by atoms with Gasteiger partial charge >= 0.3 is 0 Å². The molecule has 0 aliphatic heterocycles. The number of nitrogens with one attached hydrogen (secondary N) is 1. The van der Waals surface area contributed by atoms with Crippen LogP contribution in [0.3, 0.4) is 0 Å².